The number of nitrogens with one attached hydrogen (secondary N) is 3. The van der Waals surface area contributed by atoms with Crippen molar-refractivity contribution >= 4 is 35.4 Å². The average molecular weight is 491 g/mol. The van der Waals surface area contributed by atoms with Crippen molar-refractivity contribution in [2.24, 2.45) is 0 Å². The highest BCUT2D eigenvalue weighted by Gasteiger charge is 2.25. The van der Waals surface area contributed by atoms with E-state index in [-0.39, 0.29) is 5.91 Å². The van der Waals surface area contributed by atoms with Crippen molar-refractivity contribution in [2.45, 2.75) is 31.7 Å². The summed E-state index contributed by atoms with van der Waals surface area (Å²) >= 11 is 1.08. The molecule has 1 aliphatic carbocycles. The summed E-state index contributed by atoms with van der Waals surface area (Å²) in [6, 6.07) is 21.9. The molecule has 0 spiro atoms. The minimum absolute atomic E-state index is 0.217. The van der Waals surface area contributed by atoms with E-state index in [2.05, 4.69) is 26.9 Å². The minimum Gasteiger partial charge on any atom is -0.497 e. The molecule has 0 unspecified atom stereocenters. The standard InChI is InChI=1S/C27H30N4O3S/c1-31(23-13-15-24(34-2)16-14-23)26(32)25(17-19-7-4-3-5-8-19)28-27(33)30-35-29-22-12-11-20-9-6-10-21(20)18-22/h3-5,7-8,11-16,18,25,29H,6,9-10,17H2,1-2H3,(H2,28,30,33)/t25-/m0/s1. The summed E-state index contributed by atoms with van der Waals surface area (Å²) in [6.07, 6.45) is 3.78. The molecule has 7 nitrogen and oxygen atoms in total. The van der Waals surface area contributed by atoms with Crippen LogP contribution in [-0.4, -0.2) is 32.1 Å². The summed E-state index contributed by atoms with van der Waals surface area (Å²) in [6.45, 7) is 0. The third kappa shape index (κ3) is 6.48. The number of benzene rings is 3. The first-order valence-corrected chi connectivity index (χ1v) is 12.4. The largest absolute Gasteiger partial charge is 0.497 e. The molecule has 1 atom stereocenters. The summed E-state index contributed by atoms with van der Waals surface area (Å²) in [4.78, 5) is 27.6. The predicted molar refractivity (Wildman–Crippen MR) is 142 cm³/mol. The van der Waals surface area contributed by atoms with Gasteiger partial charge in [-0.05, 0) is 72.4 Å². The molecule has 0 saturated carbocycles. The second-order valence-electron chi connectivity index (χ2n) is 8.45. The molecule has 0 bridgehead atoms. The SMILES string of the molecule is COc1ccc(N(C)C(=O)[C@H](Cc2ccccc2)NC(=O)NSNc2ccc3c(c2)CCC3)cc1. The first-order chi connectivity index (χ1) is 17.0. The second-order valence-corrected chi connectivity index (χ2v) is 9.07. The molecule has 35 heavy (non-hydrogen) atoms. The van der Waals surface area contributed by atoms with Crippen molar-refractivity contribution in [1.82, 2.24) is 10.0 Å². The number of nitrogens with zero attached hydrogens (tertiary/aromatic N) is 1. The van der Waals surface area contributed by atoms with Gasteiger partial charge in [-0.2, -0.15) is 0 Å². The summed E-state index contributed by atoms with van der Waals surface area (Å²) in [7, 11) is 3.30. The Morgan fingerprint density at radius 2 is 1.74 bits per heavy atom. The highest BCUT2D eigenvalue weighted by Crippen LogP contribution is 2.25. The van der Waals surface area contributed by atoms with E-state index in [4.69, 9.17) is 4.74 Å². The van der Waals surface area contributed by atoms with Gasteiger partial charge in [0, 0.05) is 24.8 Å². The molecule has 4 rings (SSSR count). The quantitative estimate of drug-likeness (QED) is 0.378. The van der Waals surface area contributed by atoms with E-state index >= 15 is 0 Å². The lowest BCUT2D eigenvalue weighted by molar-refractivity contribution is -0.120. The molecular formula is C27H30N4O3S. The number of urea groups is 1. The Kier molecular flexibility index (Phi) is 8.15. The Bertz CT molecular complexity index is 1150. The zero-order valence-electron chi connectivity index (χ0n) is 19.9. The van der Waals surface area contributed by atoms with E-state index in [0.29, 0.717) is 17.9 Å². The number of ether oxygens (including phenoxy) is 1. The Morgan fingerprint density at radius 3 is 2.49 bits per heavy atom. The summed E-state index contributed by atoms with van der Waals surface area (Å²) in [5, 5.41) is 2.84. The van der Waals surface area contributed by atoms with Crippen molar-refractivity contribution in [3.05, 3.63) is 89.5 Å². The molecule has 0 fully saturated rings. The predicted octanol–water partition coefficient (Wildman–Crippen LogP) is 4.73. The Labute approximate surface area is 210 Å². The number of fused-ring (bicyclic) bond motifs is 1. The highest BCUT2D eigenvalue weighted by atomic mass is 32.2. The molecular weight excluding hydrogens is 460 g/mol. The number of aryl methyl sites for hydroxylation is 2. The summed E-state index contributed by atoms with van der Waals surface area (Å²) in [5.41, 5.74) is 5.36. The van der Waals surface area contributed by atoms with E-state index in [1.54, 1.807) is 31.2 Å². The Hall–Kier alpha value is -3.65. The van der Waals surface area contributed by atoms with Gasteiger partial charge >= 0.3 is 6.03 Å². The number of likely N-dealkylation sites (N-methyl/N-ethyl adjacent to an activating group) is 1. The van der Waals surface area contributed by atoms with Crippen LogP contribution in [-0.2, 0) is 24.1 Å². The smallest absolute Gasteiger partial charge is 0.326 e. The van der Waals surface area contributed by atoms with Crippen LogP contribution in [0.25, 0.3) is 0 Å². The van der Waals surface area contributed by atoms with Gasteiger partial charge in [0.05, 0.1) is 19.2 Å². The Morgan fingerprint density at radius 1 is 1.00 bits per heavy atom. The van der Waals surface area contributed by atoms with Gasteiger partial charge in [0.2, 0.25) is 5.91 Å². The van der Waals surface area contributed by atoms with Crippen LogP contribution in [0.1, 0.15) is 23.1 Å². The molecule has 0 radical (unpaired) electrons. The fourth-order valence-electron chi connectivity index (χ4n) is 4.17. The number of methoxy groups -OCH3 is 1. The van der Waals surface area contributed by atoms with Gasteiger partial charge in [0.25, 0.3) is 0 Å². The van der Waals surface area contributed by atoms with Gasteiger partial charge in [-0.15, -0.1) is 0 Å². The number of hydrogen-bond acceptors (Lipinski definition) is 5. The molecule has 0 heterocycles. The van der Waals surface area contributed by atoms with Crippen LogP contribution >= 0.6 is 12.1 Å². The first kappa shape index (κ1) is 24.5. The van der Waals surface area contributed by atoms with Crippen LogP contribution in [0, 0.1) is 0 Å². The molecule has 3 aromatic rings. The summed E-state index contributed by atoms with van der Waals surface area (Å²) in [5.74, 6) is 0.492. The molecule has 3 N–H and O–H groups in total. The number of hydrogen-bond donors (Lipinski definition) is 3. The number of carbonyl (C=O) groups is 2. The van der Waals surface area contributed by atoms with Crippen LogP contribution in [0.4, 0.5) is 16.2 Å². The fourth-order valence-corrected chi connectivity index (χ4v) is 4.62. The molecule has 8 heteroatoms. The maximum absolute atomic E-state index is 13.4. The van der Waals surface area contributed by atoms with E-state index < -0.39 is 12.1 Å². The van der Waals surface area contributed by atoms with Gasteiger partial charge in [0.15, 0.2) is 0 Å². The van der Waals surface area contributed by atoms with Crippen LogP contribution in [0.15, 0.2) is 72.8 Å². The van der Waals surface area contributed by atoms with Crippen LogP contribution in [0.3, 0.4) is 0 Å². The lowest BCUT2D eigenvalue weighted by Crippen LogP contribution is -2.50. The van der Waals surface area contributed by atoms with Gasteiger partial charge in [-0.25, -0.2) is 4.79 Å². The van der Waals surface area contributed by atoms with Gasteiger partial charge in [-0.3, -0.25) is 9.52 Å². The Balaban J connectivity index is 1.38. The topological polar surface area (TPSA) is 82.7 Å². The number of rotatable bonds is 9. The third-order valence-corrected chi connectivity index (χ3v) is 6.71. The number of amides is 3. The zero-order valence-corrected chi connectivity index (χ0v) is 20.7. The molecule has 1 aliphatic rings. The molecule has 182 valence electrons. The van der Waals surface area contributed by atoms with Crippen molar-refractivity contribution in [3.8, 4) is 5.75 Å². The van der Waals surface area contributed by atoms with Crippen LogP contribution in [0.2, 0.25) is 0 Å². The number of carbonyl (C=O) groups excluding carboxylic acids is 2. The van der Waals surface area contributed by atoms with Crippen molar-refractivity contribution in [1.29, 1.82) is 0 Å². The maximum atomic E-state index is 13.4. The van der Waals surface area contributed by atoms with E-state index in [1.165, 1.54) is 17.5 Å². The first-order valence-electron chi connectivity index (χ1n) is 11.6. The molecule has 0 aromatic heterocycles. The molecule has 3 aromatic carbocycles. The average Bonchev–Trinajstić information content (AvgIpc) is 3.36. The molecule has 3 amide bonds. The van der Waals surface area contributed by atoms with Gasteiger partial charge in [-0.1, -0.05) is 36.4 Å². The monoisotopic (exact) mass is 490 g/mol. The second kappa shape index (κ2) is 11.7. The zero-order chi connectivity index (χ0) is 24.6. The molecule has 0 saturated heterocycles. The van der Waals surface area contributed by atoms with Crippen molar-refractivity contribution in [2.75, 3.05) is 23.8 Å². The van der Waals surface area contributed by atoms with E-state index in [9.17, 15) is 9.59 Å². The lowest BCUT2D eigenvalue weighted by Gasteiger charge is -2.25. The summed E-state index contributed by atoms with van der Waals surface area (Å²) < 4.78 is 11.1. The highest BCUT2D eigenvalue weighted by molar-refractivity contribution is 7.99. The van der Waals surface area contributed by atoms with Crippen LogP contribution in [0.5, 0.6) is 5.75 Å². The van der Waals surface area contributed by atoms with E-state index in [0.717, 1.165) is 36.2 Å². The van der Waals surface area contributed by atoms with E-state index in [1.807, 2.05) is 48.5 Å². The lowest BCUT2D eigenvalue weighted by atomic mass is 10.0. The van der Waals surface area contributed by atoms with Gasteiger partial charge in [0.1, 0.15) is 11.8 Å². The van der Waals surface area contributed by atoms with Crippen LogP contribution < -0.4 is 24.4 Å². The normalized spacial score (nSPS) is 12.9. The van der Waals surface area contributed by atoms with Crippen molar-refractivity contribution < 1.29 is 14.3 Å². The van der Waals surface area contributed by atoms with Crippen molar-refractivity contribution in [3.63, 3.8) is 0 Å². The third-order valence-electron chi connectivity index (χ3n) is 6.09. The minimum atomic E-state index is -0.745. The maximum Gasteiger partial charge on any atom is 0.326 e. The fraction of sp³-hybridized carbons (Fsp3) is 0.259. The molecule has 0 aliphatic heterocycles. The van der Waals surface area contributed by atoms with Gasteiger partial charge < -0.3 is 19.7 Å². The number of anilines is 2.